The van der Waals surface area contributed by atoms with Crippen LogP contribution in [-0.4, -0.2) is 16.1 Å². The van der Waals surface area contributed by atoms with Gasteiger partial charge in [-0.15, -0.1) is 0 Å². The largest absolute Gasteiger partial charge is 0.508 e. The molecular formula is C17H21BrN2O2. The molecule has 1 aromatic carbocycles. The van der Waals surface area contributed by atoms with Crippen molar-refractivity contribution in [2.24, 2.45) is 0 Å². The van der Waals surface area contributed by atoms with Crippen LogP contribution in [0, 0.1) is 0 Å². The number of nitrogens with one attached hydrogen (secondary N) is 1. The minimum atomic E-state index is 0.248. The third-order valence-electron chi connectivity index (χ3n) is 3.25. The van der Waals surface area contributed by atoms with Gasteiger partial charge in [0.05, 0.1) is 5.69 Å². The van der Waals surface area contributed by atoms with Gasteiger partial charge < -0.3 is 5.11 Å². The average molecular weight is 365 g/mol. The van der Waals surface area contributed by atoms with Gasteiger partial charge >= 0.3 is 0 Å². The van der Waals surface area contributed by atoms with Crippen LogP contribution in [0.2, 0.25) is 0 Å². The van der Waals surface area contributed by atoms with E-state index in [1.807, 2.05) is 32.2 Å². The molecule has 0 atom stereocenters. The molecule has 5 heteroatoms. The van der Waals surface area contributed by atoms with Gasteiger partial charge in [0.25, 0.3) is 0 Å². The molecule has 0 fully saturated rings. The molecule has 0 amide bonds. The second-order valence-electron chi connectivity index (χ2n) is 5.37. The lowest BCUT2D eigenvalue weighted by Crippen LogP contribution is -2.23. The van der Waals surface area contributed by atoms with Crippen molar-refractivity contribution >= 4 is 15.9 Å². The van der Waals surface area contributed by atoms with E-state index >= 15 is 0 Å². The maximum absolute atomic E-state index is 9.50. The van der Waals surface area contributed by atoms with E-state index in [1.165, 1.54) is 5.56 Å². The van der Waals surface area contributed by atoms with E-state index in [0.29, 0.717) is 6.61 Å². The Balaban J connectivity index is 2.42. The topological polar surface area (TPSA) is 54.4 Å². The molecule has 2 N–H and O–H groups in total. The second-order valence-corrected chi connectivity index (χ2v) is 6.22. The number of phenolic OH excluding ortho intramolecular Hbond substituents is 1. The number of aromatic hydroxyl groups is 1. The number of hydrogen-bond acceptors (Lipinski definition) is 4. The van der Waals surface area contributed by atoms with Crippen molar-refractivity contribution < 1.29 is 9.94 Å². The molecule has 0 radical (unpaired) electrons. The second kappa shape index (κ2) is 7.72. The standard InChI is InChI=1S/C17H21BrN2O2/c1-4-14-15(18)9-19-16(10-22-20-11(2)3)17(14)12-5-7-13(21)8-6-12/h5-9,11,20-21H,4,10H2,1-3H3. The molecule has 0 aliphatic heterocycles. The fourth-order valence-corrected chi connectivity index (χ4v) is 2.85. The summed E-state index contributed by atoms with van der Waals surface area (Å²) < 4.78 is 0.985. The number of benzene rings is 1. The van der Waals surface area contributed by atoms with Crippen molar-refractivity contribution in [1.29, 1.82) is 0 Å². The number of phenols is 1. The van der Waals surface area contributed by atoms with Gasteiger partial charge in [0.15, 0.2) is 0 Å². The van der Waals surface area contributed by atoms with Crippen molar-refractivity contribution in [3.8, 4) is 16.9 Å². The Labute approximate surface area is 139 Å². The molecule has 0 bridgehead atoms. The highest BCUT2D eigenvalue weighted by molar-refractivity contribution is 9.10. The van der Waals surface area contributed by atoms with Gasteiger partial charge in [0, 0.05) is 22.3 Å². The number of nitrogens with zero attached hydrogens (tertiary/aromatic N) is 1. The molecule has 118 valence electrons. The van der Waals surface area contributed by atoms with Gasteiger partial charge in [-0.25, -0.2) is 0 Å². The SMILES string of the molecule is CCc1c(Br)cnc(CONC(C)C)c1-c1ccc(O)cc1. The lowest BCUT2D eigenvalue weighted by atomic mass is 9.97. The Hall–Kier alpha value is -1.43. The first-order valence-corrected chi connectivity index (χ1v) is 8.15. The minimum Gasteiger partial charge on any atom is -0.508 e. The van der Waals surface area contributed by atoms with Crippen molar-refractivity contribution in [3.05, 3.63) is 46.2 Å². The third-order valence-corrected chi connectivity index (χ3v) is 3.93. The molecule has 4 nitrogen and oxygen atoms in total. The van der Waals surface area contributed by atoms with Gasteiger partial charge in [0.2, 0.25) is 0 Å². The van der Waals surface area contributed by atoms with Gasteiger partial charge in [-0.2, -0.15) is 5.48 Å². The Bertz CT molecular complexity index is 627. The molecule has 0 aliphatic rings. The van der Waals surface area contributed by atoms with Crippen molar-refractivity contribution in [2.45, 2.75) is 39.8 Å². The predicted molar refractivity (Wildman–Crippen MR) is 91.5 cm³/mol. The first-order valence-electron chi connectivity index (χ1n) is 7.35. The first kappa shape index (κ1) is 16.9. The van der Waals surface area contributed by atoms with Crippen molar-refractivity contribution in [1.82, 2.24) is 10.5 Å². The summed E-state index contributed by atoms with van der Waals surface area (Å²) in [6.07, 6.45) is 2.70. The van der Waals surface area contributed by atoms with Gasteiger partial charge in [0.1, 0.15) is 12.4 Å². The van der Waals surface area contributed by atoms with Crippen LogP contribution in [0.3, 0.4) is 0 Å². The van der Waals surface area contributed by atoms with Crippen LogP contribution in [0.4, 0.5) is 0 Å². The summed E-state index contributed by atoms with van der Waals surface area (Å²) in [6, 6.07) is 7.42. The summed E-state index contributed by atoms with van der Waals surface area (Å²) in [7, 11) is 0. The molecule has 0 unspecified atom stereocenters. The molecule has 0 spiro atoms. The molecule has 0 aliphatic carbocycles. The number of aromatic nitrogens is 1. The van der Waals surface area contributed by atoms with Crippen molar-refractivity contribution in [3.63, 3.8) is 0 Å². The smallest absolute Gasteiger partial charge is 0.115 e. The van der Waals surface area contributed by atoms with E-state index < -0.39 is 0 Å². The zero-order valence-electron chi connectivity index (χ0n) is 13.1. The molecular weight excluding hydrogens is 344 g/mol. The molecule has 2 aromatic rings. The van der Waals surface area contributed by atoms with Crippen molar-refractivity contribution in [2.75, 3.05) is 0 Å². The molecule has 1 heterocycles. The van der Waals surface area contributed by atoms with Gasteiger partial charge in [-0.05, 0) is 59.5 Å². The molecule has 22 heavy (non-hydrogen) atoms. The molecule has 2 rings (SSSR count). The van der Waals surface area contributed by atoms with Crippen LogP contribution in [0.5, 0.6) is 5.75 Å². The summed E-state index contributed by atoms with van der Waals surface area (Å²) in [6.45, 7) is 6.54. The Morgan fingerprint density at radius 2 is 1.95 bits per heavy atom. The Morgan fingerprint density at radius 3 is 2.55 bits per heavy atom. The Morgan fingerprint density at radius 1 is 1.27 bits per heavy atom. The highest BCUT2D eigenvalue weighted by atomic mass is 79.9. The van der Waals surface area contributed by atoms with E-state index in [-0.39, 0.29) is 11.8 Å². The van der Waals surface area contributed by atoms with Crippen LogP contribution < -0.4 is 5.48 Å². The lowest BCUT2D eigenvalue weighted by molar-refractivity contribution is 0.00989. The highest BCUT2D eigenvalue weighted by Crippen LogP contribution is 2.33. The Kier molecular flexibility index (Phi) is 5.94. The van der Waals surface area contributed by atoms with Crippen LogP contribution in [0.25, 0.3) is 11.1 Å². The zero-order chi connectivity index (χ0) is 16.1. The fourth-order valence-electron chi connectivity index (χ4n) is 2.27. The first-order chi connectivity index (χ1) is 10.5. The van der Waals surface area contributed by atoms with E-state index in [2.05, 4.69) is 33.3 Å². The maximum Gasteiger partial charge on any atom is 0.115 e. The monoisotopic (exact) mass is 364 g/mol. The fraction of sp³-hybridized carbons (Fsp3) is 0.353. The predicted octanol–water partition coefficient (Wildman–Crippen LogP) is 4.21. The average Bonchev–Trinajstić information content (AvgIpc) is 2.49. The zero-order valence-corrected chi connectivity index (χ0v) is 14.6. The number of pyridine rings is 1. The molecule has 1 aromatic heterocycles. The summed E-state index contributed by atoms with van der Waals surface area (Å²) in [5.74, 6) is 0.254. The number of rotatable bonds is 6. The minimum absolute atomic E-state index is 0.248. The summed E-state index contributed by atoms with van der Waals surface area (Å²) >= 11 is 3.58. The number of hydroxylamine groups is 1. The highest BCUT2D eigenvalue weighted by Gasteiger charge is 2.15. The van der Waals surface area contributed by atoms with E-state index in [0.717, 1.165) is 27.7 Å². The summed E-state index contributed by atoms with van der Waals surface area (Å²) in [5, 5.41) is 9.50. The lowest BCUT2D eigenvalue weighted by Gasteiger charge is -2.16. The van der Waals surface area contributed by atoms with Crippen LogP contribution in [0.1, 0.15) is 32.0 Å². The third kappa shape index (κ3) is 4.06. The quantitative estimate of drug-likeness (QED) is 0.753. The maximum atomic E-state index is 9.50. The normalized spacial score (nSPS) is 11.1. The summed E-state index contributed by atoms with van der Waals surface area (Å²) in [4.78, 5) is 10.0. The van der Waals surface area contributed by atoms with Crippen LogP contribution >= 0.6 is 15.9 Å². The van der Waals surface area contributed by atoms with Crippen LogP contribution in [0.15, 0.2) is 34.9 Å². The van der Waals surface area contributed by atoms with Crippen LogP contribution in [-0.2, 0) is 17.9 Å². The summed E-state index contributed by atoms with van der Waals surface area (Å²) in [5.41, 5.74) is 7.08. The van der Waals surface area contributed by atoms with Gasteiger partial charge in [-0.1, -0.05) is 19.1 Å². The molecule has 0 saturated heterocycles. The van der Waals surface area contributed by atoms with E-state index in [4.69, 9.17) is 4.84 Å². The number of hydrogen-bond donors (Lipinski definition) is 2. The van der Waals surface area contributed by atoms with E-state index in [1.54, 1.807) is 12.1 Å². The molecule has 0 saturated carbocycles. The number of halogens is 1. The van der Waals surface area contributed by atoms with E-state index in [9.17, 15) is 5.11 Å². The van der Waals surface area contributed by atoms with Gasteiger partial charge in [-0.3, -0.25) is 9.82 Å².